The lowest BCUT2D eigenvalue weighted by atomic mass is 9.80. The van der Waals surface area contributed by atoms with Crippen LogP contribution in [-0.2, 0) is 4.74 Å². The molecule has 1 fully saturated rings. The maximum Gasteiger partial charge on any atom is 0.142 e. The second-order valence-electron chi connectivity index (χ2n) is 4.15. The van der Waals surface area contributed by atoms with Crippen LogP contribution in [0.4, 0.5) is 11.6 Å². The Bertz CT molecular complexity index is 346. The number of nitrogens with two attached hydrogens (primary N) is 1. The van der Waals surface area contributed by atoms with Gasteiger partial charge in [-0.25, -0.2) is 10.8 Å². The van der Waals surface area contributed by atoms with E-state index in [1.807, 2.05) is 18.2 Å². The Morgan fingerprint density at radius 3 is 2.75 bits per heavy atom. The van der Waals surface area contributed by atoms with Gasteiger partial charge in [0.2, 0.25) is 0 Å². The Morgan fingerprint density at radius 1 is 1.44 bits per heavy atom. The van der Waals surface area contributed by atoms with Crippen molar-refractivity contribution >= 4 is 11.6 Å². The summed E-state index contributed by atoms with van der Waals surface area (Å²) in [6.07, 6.45) is 3.48. The predicted molar refractivity (Wildman–Crippen MR) is 64.1 cm³/mol. The Kier molecular flexibility index (Phi) is 3.26. The first-order chi connectivity index (χ1) is 7.78. The molecule has 0 amide bonds. The van der Waals surface area contributed by atoms with E-state index < -0.39 is 0 Å². The van der Waals surface area contributed by atoms with Crippen LogP contribution in [-0.4, -0.2) is 24.2 Å². The molecule has 5 heteroatoms. The quantitative estimate of drug-likeness (QED) is 0.518. The summed E-state index contributed by atoms with van der Waals surface area (Å²) < 4.78 is 5.52. The molecule has 0 aliphatic heterocycles. The van der Waals surface area contributed by atoms with Gasteiger partial charge in [0, 0.05) is 13.7 Å². The lowest BCUT2D eigenvalue weighted by molar-refractivity contribution is -0.0601. The molecule has 0 spiro atoms. The second-order valence-corrected chi connectivity index (χ2v) is 4.15. The number of hydrogen-bond acceptors (Lipinski definition) is 5. The van der Waals surface area contributed by atoms with Crippen molar-refractivity contribution in [2.45, 2.75) is 24.9 Å². The van der Waals surface area contributed by atoms with Crippen LogP contribution < -0.4 is 16.6 Å². The zero-order chi connectivity index (χ0) is 11.4. The van der Waals surface area contributed by atoms with Crippen LogP contribution in [0.5, 0.6) is 0 Å². The van der Waals surface area contributed by atoms with E-state index in [1.165, 1.54) is 6.42 Å². The molecule has 0 radical (unpaired) electrons. The average molecular weight is 222 g/mol. The largest absolute Gasteiger partial charge is 0.376 e. The normalized spacial score (nSPS) is 17.6. The summed E-state index contributed by atoms with van der Waals surface area (Å²) >= 11 is 0. The minimum atomic E-state index is 0.00777. The highest BCUT2D eigenvalue weighted by Crippen LogP contribution is 2.34. The minimum absolute atomic E-state index is 0.00777. The molecule has 0 saturated heterocycles. The third-order valence-corrected chi connectivity index (χ3v) is 3.19. The first kappa shape index (κ1) is 11.2. The highest BCUT2D eigenvalue weighted by Gasteiger charge is 2.36. The molecular formula is C11H18N4O. The smallest absolute Gasteiger partial charge is 0.142 e. The first-order valence-corrected chi connectivity index (χ1v) is 5.51. The van der Waals surface area contributed by atoms with Gasteiger partial charge in [-0.2, -0.15) is 0 Å². The molecule has 0 bridgehead atoms. The van der Waals surface area contributed by atoms with Gasteiger partial charge in [-0.3, -0.25) is 0 Å². The number of methoxy groups -OCH3 is 1. The lowest BCUT2D eigenvalue weighted by Gasteiger charge is -2.40. The van der Waals surface area contributed by atoms with Crippen molar-refractivity contribution in [3.63, 3.8) is 0 Å². The van der Waals surface area contributed by atoms with Crippen molar-refractivity contribution in [2.24, 2.45) is 5.84 Å². The molecule has 2 rings (SSSR count). The molecule has 0 atom stereocenters. The highest BCUT2D eigenvalue weighted by molar-refractivity contribution is 5.44. The van der Waals surface area contributed by atoms with Crippen molar-refractivity contribution in [3.8, 4) is 0 Å². The van der Waals surface area contributed by atoms with E-state index in [4.69, 9.17) is 10.6 Å². The molecule has 1 aromatic heterocycles. The third kappa shape index (κ3) is 2.25. The first-order valence-electron chi connectivity index (χ1n) is 5.51. The standard InChI is InChI=1S/C11H18N4O/c1-16-11(6-3-7-11)8-13-9-4-2-5-10(14-9)15-12/h2,4-5H,3,6-8,12H2,1H3,(H2,13,14,15). The SMILES string of the molecule is COC1(CNc2cccc(NN)n2)CCC1. The van der Waals surface area contributed by atoms with Crippen LogP contribution in [0.15, 0.2) is 18.2 Å². The maximum atomic E-state index is 5.52. The van der Waals surface area contributed by atoms with Gasteiger partial charge in [-0.15, -0.1) is 0 Å². The number of ether oxygens (including phenoxy) is 1. The van der Waals surface area contributed by atoms with Gasteiger partial charge in [0.05, 0.1) is 5.60 Å². The Morgan fingerprint density at radius 2 is 2.19 bits per heavy atom. The third-order valence-electron chi connectivity index (χ3n) is 3.19. The molecule has 1 aliphatic carbocycles. The lowest BCUT2D eigenvalue weighted by Crippen LogP contribution is -2.45. The van der Waals surface area contributed by atoms with Crippen LogP contribution in [0, 0.1) is 0 Å². The van der Waals surface area contributed by atoms with Gasteiger partial charge in [0.25, 0.3) is 0 Å². The molecule has 16 heavy (non-hydrogen) atoms. The Hall–Kier alpha value is -1.33. The molecule has 5 nitrogen and oxygen atoms in total. The number of aromatic nitrogens is 1. The maximum absolute atomic E-state index is 5.52. The monoisotopic (exact) mass is 222 g/mol. The number of pyridine rings is 1. The number of hydrazine groups is 1. The number of nitrogen functional groups attached to an aromatic ring is 1. The summed E-state index contributed by atoms with van der Waals surface area (Å²) in [4.78, 5) is 4.28. The summed E-state index contributed by atoms with van der Waals surface area (Å²) in [7, 11) is 1.77. The van der Waals surface area contributed by atoms with Crippen LogP contribution >= 0.6 is 0 Å². The van der Waals surface area contributed by atoms with Crippen molar-refractivity contribution in [3.05, 3.63) is 18.2 Å². The fourth-order valence-electron chi connectivity index (χ4n) is 1.89. The van der Waals surface area contributed by atoms with Gasteiger partial charge < -0.3 is 15.5 Å². The van der Waals surface area contributed by atoms with Crippen molar-refractivity contribution in [1.82, 2.24) is 4.98 Å². The van der Waals surface area contributed by atoms with Gasteiger partial charge in [0.15, 0.2) is 0 Å². The van der Waals surface area contributed by atoms with Crippen LogP contribution in [0.2, 0.25) is 0 Å². The van der Waals surface area contributed by atoms with E-state index >= 15 is 0 Å². The summed E-state index contributed by atoms with van der Waals surface area (Å²) in [6, 6.07) is 5.65. The number of hydrogen-bond donors (Lipinski definition) is 3. The van der Waals surface area contributed by atoms with Gasteiger partial charge in [0.1, 0.15) is 11.6 Å². The van der Waals surface area contributed by atoms with Crippen molar-refractivity contribution < 1.29 is 4.74 Å². The second kappa shape index (κ2) is 4.67. The fraction of sp³-hybridized carbons (Fsp3) is 0.545. The van der Waals surface area contributed by atoms with Gasteiger partial charge >= 0.3 is 0 Å². The predicted octanol–water partition coefficient (Wildman–Crippen LogP) is 1.35. The van der Waals surface area contributed by atoms with Crippen LogP contribution in [0.1, 0.15) is 19.3 Å². The molecule has 1 saturated carbocycles. The van der Waals surface area contributed by atoms with E-state index in [-0.39, 0.29) is 5.60 Å². The zero-order valence-electron chi connectivity index (χ0n) is 9.49. The summed E-state index contributed by atoms with van der Waals surface area (Å²) in [5, 5.41) is 3.28. The van der Waals surface area contributed by atoms with Crippen LogP contribution in [0.25, 0.3) is 0 Å². The molecular weight excluding hydrogens is 204 g/mol. The molecule has 1 aliphatic rings. The Labute approximate surface area is 95.4 Å². The molecule has 0 unspecified atom stereocenters. The van der Waals surface area contributed by atoms with E-state index in [0.29, 0.717) is 5.82 Å². The van der Waals surface area contributed by atoms with Crippen molar-refractivity contribution in [2.75, 3.05) is 24.4 Å². The van der Waals surface area contributed by atoms with Gasteiger partial charge in [-0.1, -0.05) is 6.07 Å². The number of rotatable bonds is 5. The van der Waals surface area contributed by atoms with E-state index in [2.05, 4.69) is 15.7 Å². The fourth-order valence-corrected chi connectivity index (χ4v) is 1.89. The van der Waals surface area contributed by atoms with Crippen LogP contribution in [0.3, 0.4) is 0 Å². The summed E-state index contributed by atoms with van der Waals surface area (Å²) in [6.45, 7) is 0.796. The minimum Gasteiger partial charge on any atom is -0.376 e. The Balaban J connectivity index is 1.93. The molecule has 4 N–H and O–H groups in total. The summed E-state index contributed by atoms with van der Waals surface area (Å²) in [5.41, 5.74) is 2.53. The van der Waals surface area contributed by atoms with E-state index in [1.54, 1.807) is 7.11 Å². The number of nitrogens with one attached hydrogen (secondary N) is 2. The zero-order valence-corrected chi connectivity index (χ0v) is 9.49. The molecule has 0 aromatic carbocycles. The van der Waals surface area contributed by atoms with Crippen molar-refractivity contribution in [1.29, 1.82) is 0 Å². The van der Waals surface area contributed by atoms with E-state index in [9.17, 15) is 0 Å². The number of nitrogens with zero attached hydrogens (tertiary/aromatic N) is 1. The highest BCUT2D eigenvalue weighted by atomic mass is 16.5. The summed E-state index contributed by atoms with van der Waals surface area (Å²) in [5.74, 6) is 6.77. The topological polar surface area (TPSA) is 72.2 Å². The van der Waals surface area contributed by atoms with E-state index in [0.717, 1.165) is 25.2 Å². The molecule has 88 valence electrons. The average Bonchev–Trinajstić information content (AvgIpc) is 2.29. The molecule has 1 heterocycles. The van der Waals surface area contributed by atoms with Gasteiger partial charge in [-0.05, 0) is 31.4 Å². The molecule has 1 aromatic rings. The number of anilines is 2.